The second kappa shape index (κ2) is 9.65. The maximum Gasteiger partial charge on any atom is 0.128 e. The van der Waals surface area contributed by atoms with Crippen LogP contribution in [-0.2, 0) is 0 Å². The molecule has 6 heteroatoms. The largest absolute Gasteiger partial charge is 0.507 e. The predicted octanol–water partition coefficient (Wildman–Crippen LogP) is 6.85. The molecule has 0 radical (unpaired) electrons. The first-order chi connectivity index (χ1) is 14.0. The molecule has 0 unspecified atom stereocenters. The van der Waals surface area contributed by atoms with Crippen molar-refractivity contribution in [2.24, 2.45) is 4.99 Å². The summed E-state index contributed by atoms with van der Waals surface area (Å²) in [7, 11) is 1.86. The number of ether oxygens (including phenoxy) is 1. The molecule has 3 aromatic rings. The van der Waals surface area contributed by atoms with Crippen LogP contribution in [0, 0.1) is 0 Å². The first kappa shape index (κ1) is 21.0. The Bertz CT molecular complexity index is 1070. The van der Waals surface area contributed by atoms with E-state index in [1.54, 1.807) is 30.5 Å². The van der Waals surface area contributed by atoms with Gasteiger partial charge in [-0.1, -0.05) is 36.4 Å². The van der Waals surface area contributed by atoms with E-state index >= 15 is 0 Å². The quantitative estimate of drug-likeness (QED) is 0.321. The van der Waals surface area contributed by atoms with Gasteiger partial charge in [-0.15, -0.1) is 0 Å². The van der Waals surface area contributed by atoms with Gasteiger partial charge in [-0.3, -0.25) is 9.71 Å². The Kier molecular flexibility index (Phi) is 6.99. The summed E-state index contributed by atoms with van der Waals surface area (Å²) in [5, 5.41) is 11.0. The number of nitrogens with zero attached hydrogens (tertiary/aromatic N) is 1. The highest BCUT2D eigenvalue weighted by atomic mass is 35.5. The molecule has 0 heterocycles. The third-order valence-electron chi connectivity index (χ3n) is 4.12. The number of benzene rings is 3. The van der Waals surface area contributed by atoms with Gasteiger partial charge in [0.05, 0.1) is 10.7 Å². The number of halogens is 1. The topological polar surface area (TPSA) is 53.8 Å². The fraction of sp³-hybridized carbons (Fsp3) is 0.0870. The van der Waals surface area contributed by atoms with Crippen LogP contribution in [0.5, 0.6) is 17.2 Å². The van der Waals surface area contributed by atoms with E-state index in [1.807, 2.05) is 50.4 Å². The fourth-order valence-electron chi connectivity index (χ4n) is 2.84. The Morgan fingerprint density at radius 3 is 2.62 bits per heavy atom. The second-order valence-electron chi connectivity index (χ2n) is 6.06. The molecule has 0 bridgehead atoms. The Morgan fingerprint density at radius 2 is 1.86 bits per heavy atom. The van der Waals surface area contributed by atoms with Crippen molar-refractivity contribution < 1.29 is 9.84 Å². The number of rotatable bonds is 7. The first-order valence-corrected chi connectivity index (χ1v) is 10.1. The molecule has 3 rings (SSSR count). The van der Waals surface area contributed by atoms with E-state index < -0.39 is 0 Å². The van der Waals surface area contributed by atoms with Crippen molar-refractivity contribution in [2.45, 2.75) is 11.8 Å². The average molecular weight is 425 g/mol. The summed E-state index contributed by atoms with van der Waals surface area (Å²) in [6.07, 6.45) is 1.67. The van der Waals surface area contributed by atoms with Crippen molar-refractivity contribution in [3.05, 3.63) is 83.4 Å². The molecule has 2 N–H and O–H groups in total. The molecule has 0 aliphatic heterocycles. The summed E-state index contributed by atoms with van der Waals surface area (Å²) in [6, 6.07) is 18.3. The molecule has 148 valence electrons. The minimum Gasteiger partial charge on any atom is -0.507 e. The third kappa shape index (κ3) is 5.01. The number of para-hydroxylation sites is 1. The van der Waals surface area contributed by atoms with Gasteiger partial charge in [0.15, 0.2) is 0 Å². The van der Waals surface area contributed by atoms with Crippen molar-refractivity contribution in [3.8, 4) is 17.2 Å². The molecule has 0 fully saturated rings. The summed E-state index contributed by atoms with van der Waals surface area (Å²) in [4.78, 5) is 5.40. The maximum atomic E-state index is 10.4. The molecule has 0 saturated carbocycles. The SMILES string of the molecule is C=C(c1cc(Oc2cccc(SNC)c2)ccc1O)c1cccc(Cl)c1N=CC. The van der Waals surface area contributed by atoms with Crippen LogP contribution in [0.15, 0.2) is 77.1 Å². The van der Waals surface area contributed by atoms with E-state index in [4.69, 9.17) is 16.3 Å². The van der Waals surface area contributed by atoms with Crippen molar-refractivity contribution in [3.63, 3.8) is 0 Å². The molecule has 0 aliphatic rings. The molecule has 0 amide bonds. The van der Waals surface area contributed by atoms with Gasteiger partial charge in [0, 0.05) is 22.2 Å². The predicted molar refractivity (Wildman–Crippen MR) is 123 cm³/mol. The Labute approximate surface area is 180 Å². The third-order valence-corrected chi connectivity index (χ3v) is 5.12. The molecule has 3 aromatic carbocycles. The summed E-state index contributed by atoms with van der Waals surface area (Å²) in [5.41, 5.74) is 2.52. The van der Waals surface area contributed by atoms with E-state index in [1.165, 1.54) is 11.9 Å². The van der Waals surface area contributed by atoms with Crippen LogP contribution in [0.2, 0.25) is 5.02 Å². The molecule has 4 nitrogen and oxygen atoms in total. The van der Waals surface area contributed by atoms with Crippen molar-refractivity contribution in [1.82, 2.24) is 4.72 Å². The lowest BCUT2D eigenvalue weighted by Crippen LogP contribution is -1.92. The van der Waals surface area contributed by atoms with Crippen LogP contribution in [0.1, 0.15) is 18.1 Å². The van der Waals surface area contributed by atoms with Gasteiger partial charge in [-0.25, -0.2) is 0 Å². The van der Waals surface area contributed by atoms with Gasteiger partial charge < -0.3 is 9.84 Å². The highest BCUT2D eigenvalue weighted by Gasteiger charge is 2.15. The number of phenols is 1. The lowest BCUT2D eigenvalue weighted by Gasteiger charge is -2.14. The number of hydrogen-bond donors (Lipinski definition) is 2. The molecule has 0 saturated heterocycles. The monoisotopic (exact) mass is 424 g/mol. The molecule has 0 atom stereocenters. The van der Waals surface area contributed by atoms with Crippen LogP contribution in [0.3, 0.4) is 0 Å². The van der Waals surface area contributed by atoms with Gasteiger partial charge in [0.2, 0.25) is 0 Å². The molecule has 0 aliphatic carbocycles. The van der Waals surface area contributed by atoms with Crippen molar-refractivity contribution in [1.29, 1.82) is 0 Å². The fourth-order valence-corrected chi connectivity index (χ4v) is 3.62. The zero-order valence-electron chi connectivity index (χ0n) is 16.1. The maximum absolute atomic E-state index is 10.4. The van der Waals surface area contributed by atoms with Crippen LogP contribution in [0.25, 0.3) is 5.57 Å². The van der Waals surface area contributed by atoms with E-state index in [9.17, 15) is 5.11 Å². The number of aliphatic imine (C=N–C) groups is 1. The average Bonchev–Trinajstić information content (AvgIpc) is 2.71. The Balaban J connectivity index is 1.95. The molecule has 29 heavy (non-hydrogen) atoms. The molecule has 0 spiro atoms. The van der Waals surface area contributed by atoms with Crippen molar-refractivity contribution >= 4 is 41.0 Å². The lowest BCUT2D eigenvalue weighted by molar-refractivity contribution is 0.462. The summed E-state index contributed by atoms with van der Waals surface area (Å²) in [6.45, 7) is 5.99. The number of phenolic OH excluding ortho intramolecular Hbond substituents is 1. The van der Waals surface area contributed by atoms with Gasteiger partial charge >= 0.3 is 0 Å². The van der Waals surface area contributed by atoms with Crippen molar-refractivity contribution in [2.75, 3.05) is 7.05 Å². The second-order valence-corrected chi connectivity index (χ2v) is 7.55. The number of hydrogen-bond acceptors (Lipinski definition) is 5. The summed E-state index contributed by atoms with van der Waals surface area (Å²) < 4.78 is 9.04. The number of nitrogens with one attached hydrogen (secondary N) is 1. The van der Waals surface area contributed by atoms with Gasteiger partial charge in [0.25, 0.3) is 0 Å². The standard InChI is InChI=1S/C23H21ClN2O2S/c1-4-26-23-19(9-6-10-21(23)24)15(2)20-14-17(11-12-22(20)27)28-16-7-5-8-18(13-16)29-25-3/h4-14,25,27H,2H2,1,3H3. The van der Waals surface area contributed by atoms with E-state index in [0.29, 0.717) is 33.3 Å². The van der Waals surface area contributed by atoms with E-state index in [-0.39, 0.29) is 5.75 Å². The van der Waals surface area contributed by atoms with E-state index in [0.717, 1.165) is 10.5 Å². The summed E-state index contributed by atoms with van der Waals surface area (Å²) >= 11 is 7.81. The van der Waals surface area contributed by atoms with Crippen LogP contribution < -0.4 is 9.46 Å². The Hall–Kier alpha value is -2.73. The molecular formula is C23H21ClN2O2S. The first-order valence-electron chi connectivity index (χ1n) is 8.95. The normalized spacial score (nSPS) is 11.0. The lowest BCUT2D eigenvalue weighted by atomic mass is 9.97. The highest BCUT2D eigenvalue weighted by Crippen LogP contribution is 2.39. The van der Waals surface area contributed by atoms with Crippen LogP contribution in [0.4, 0.5) is 5.69 Å². The van der Waals surface area contributed by atoms with Crippen LogP contribution >= 0.6 is 23.5 Å². The zero-order chi connectivity index (χ0) is 20.8. The molecular weight excluding hydrogens is 404 g/mol. The Morgan fingerprint density at radius 1 is 1.10 bits per heavy atom. The van der Waals surface area contributed by atoms with E-state index in [2.05, 4.69) is 16.3 Å². The number of aromatic hydroxyl groups is 1. The molecule has 0 aromatic heterocycles. The minimum absolute atomic E-state index is 0.105. The smallest absolute Gasteiger partial charge is 0.128 e. The van der Waals surface area contributed by atoms with Gasteiger partial charge in [-0.05, 0) is 74.0 Å². The zero-order valence-corrected chi connectivity index (χ0v) is 17.7. The van der Waals surface area contributed by atoms with Gasteiger partial charge in [0.1, 0.15) is 17.2 Å². The van der Waals surface area contributed by atoms with Gasteiger partial charge in [-0.2, -0.15) is 0 Å². The minimum atomic E-state index is 0.105. The highest BCUT2D eigenvalue weighted by molar-refractivity contribution is 7.97. The summed E-state index contributed by atoms with van der Waals surface area (Å²) in [5.74, 6) is 1.40. The van der Waals surface area contributed by atoms with Crippen LogP contribution in [-0.4, -0.2) is 18.4 Å².